The SMILES string of the molecule is O=C(O)c1cc2nccn2c(NCC(CO)c2cccnc2)n1. The Morgan fingerprint density at radius 2 is 2.26 bits per heavy atom. The monoisotopic (exact) mass is 313 g/mol. The van der Waals surface area contributed by atoms with Gasteiger partial charge in [-0.3, -0.25) is 9.38 Å². The lowest BCUT2D eigenvalue weighted by Crippen LogP contribution is -2.19. The maximum absolute atomic E-state index is 11.2. The second kappa shape index (κ2) is 6.41. The smallest absolute Gasteiger partial charge is 0.354 e. The molecule has 8 heteroatoms. The predicted molar refractivity (Wildman–Crippen MR) is 82.5 cm³/mol. The van der Waals surface area contributed by atoms with E-state index in [0.29, 0.717) is 18.1 Å². The normalized spacial score (nSPS) is 12.2. The van der Waals surface area contributed by atoms with Crippen LogP contribution in [-0.2, 0) is 0 Å². The summed E-state index contributed by atoms with van der Waals surface area (Å²) in [6.07, 6.45) is 6.61. The number of aromatic nitrogens is 4. The molecule has 1 unspecified atom stereocenters. The molecule has 0 aromatic carbocycles. The highest BCUT2D eigenvalue weighted by Crippen LogP contribution is 2.16. The first-order valence-corrected chi connectivity index (χ1v) is 7.01. The maximum Gasteiger partial charge on any atom is 0.354 e. The van der Waals surface area contributed by atoms with Gasteiger partial charge in [0.25, 0.3) is 0 Å². The number of aliphatic hydroxyl groups excluding tert-OH is 1. The lowest BCUT2D eigenvalue weighted by molar-refractivity contribution is 0.0690. The number of imidazole rings is 1. The number of aliphatic hydroxyl groups is 1. The molecule has 8 nitrogen and oxygen atoms in total. The first kappa shape index (κ1) is 14.9. The number of hydrogen-bond donors (Lipinski definition) is 3. The van der Waals surface area contributed by atoms with Crippen molar-refractivity contribution in [2.75, 3.05) is 18.5 Å². The lowest BCUT2D eigenvalue weighted by atomic mass is 10.0. The van der Waals surface area contributed by atoms with Crippen LogP contribution in [0.2, 0.25) is 0 Å². The summed E-state index contributed by atoms with van der Waals surface area (Å²) in [5.74, 6) is -0.943. The summed E-state index contributed by atoms with van der Waals surface area (Å²) in [7, 11) is 0. The summed E-state index contributed by atoms with van der Waals surface area (Å²) >= 11 is 0. The fourth-order valence-electron chi connectivity index (χ4n) is 2.28. The summed E-state index contributed by atoms with van der Waals surface area (Å²) < 4.78 is 1.66. The minimum absolute atomic E-state index is 0.0651. The summed E-state index contributed by atoms with van der Waals surface area (Å²) in [5, 5.41) is 21.8. The zero-order valence-corrected chi connectivity index (χ0v) is 12.1. The number of carboxylic acids is 1. The molecule has 0 aliphatic carbocycles. The lowest BCUT2D eigenvalue weighted by Gasteiger charge is -2.16. The molecule has 118 valence electrons. The van der Waals surface area contributed by atoms with Gasteiger partial charge in [-0.25, -0.2) is 14.8 Å². The highest BCUT2D eigenvalue weighted by atomic mass is 16.4. The van der Waals surface area contributed by atoms with Gasteiger partial charge in [-0.05, 0) is 11.6 Å². The van der Waals surface area contributed by atoms with Gasteiger partial charge in [0, 0.05) is 43.3 Å². The van der Waals surface area contributed by atoms with Crippen LogP contribution in [-0.4, -0.2) is 48.7 Å². The number of carboxylic acid groups (broad SMARTS) is 1. The Morgan fingerprint density at radius 1 is 1.39 bits per heavy atom. The molecule has 0 bridgehead atoms. The third-order valence-electron chi connectivity index (χ3n) is 3.49. The fourth-order valence-corrected chi connectivity index (χ4v) is 2.28. The van der Waals surface area contributed by atoms with Crippen LogP contribution in [0.3, 0.4) is 0 Å². The van der Waals surface area contributed by atoms with Crippen molar-refractivity contribution in [2.45, 2.75) is 5.92 Å². The molecule has 3 aromatic rings. The second-order valence-corrected chi connectivity index (χ2v) is 4.97. The average molecular weight is 313 g/mol. The van der Waals surface area contributed by atoms with E-state index in [4.69, 9.17) is 5.11 Å². The Morgan fingerprint density at radius 3 is 2.96 bits per heavy atom. The number of fused-ring (bicyclic) bond motifs is 1. The minimum Gasteiger partial charge on any atom is -0.477 e. The Bertz CT molecular complexity index is 818. The Kier molecular flexibility index (Phi) is 4.15. The van der Waals surface area contributed by atoms with Crippen LogP contribution in [0, 0.1) is 0 Å². The molecule has 3 heterocycles. The molecule has 0 spiro atoms. The molecule has 1 atom stereocenters. The highest BCUT2D eigenvalue weighted by Gasteiger charge is 2.14. The van der Waals surface area contributed by atoms with Crippen molar-refractivity contribution in [1.29, 1.82) is 0 Å². The van der Waals surface area contributed by atoms with Crippen LogP contribution in [0.5, 0.6) is 0 Å². The fraction of sp³-hybridized carbons (Fsp3) is 0.200. The predicted octanol–water partition coefficient (Wildman–Crippen LogP) is 1.01. The summed E-state index contributed by atoms with van der Waals surface area (Å²) in [5.41, 5.74) is 1.29. The molecule has 0 aliphatic heterocycles. The van der Waals surface area contributed by atoms with Gasteiger partial charge < -0.3 is 15.5 Å². The number of nitrogens with one attached hydrogen (secondary N) is 1. The van der Waals surface area contributed by atoms with Gasteiger partial charge in [0.15, 0.2) is 5.69 Å². The molecule has 0 aliphatic rings. The molecule has 3 rings (SSSR count). The molecule has 0 saturated heterocycles. The van der Waals surface area contributed by atoms with Gasteiger partial charge in [0.1, 0.15) is 5.65 Å². The molecular weight excluding hydrogens is 298 g/mol. The summed E-state index contributed by atoms with van der Waals surface area (Å²) in [6, 6.07) is 5.08. The molecule has 0 saturated carbocycles. The zero-order chi connectivity index (χ0) is 16.2. The van der Waals surface area contributed by atoms with E-state index >= 15 is 0 Å². The van der Waals surface area contributed by atoms with Crippen molar-refractivity contribution in [3.63, 3.8) is 0 Å². The Balaban J connectivity index is 1.86. The molecule has 23 heavy (non-hydrogen) atoms. The van der Waals surface area contributed by atoms with Crippen LogP contribution in [0.1, 0.15) is 22.0 Å². The molecular formula is C15H15N5O3. The molecule has 0 amide bonds. The summed E-state index contributed by atoms with van der Waals surface area (Å²) in [4.78, 5) is 23.4. The van der Waals surface area contributed by atoms with E-state index in [-0.39, 0.29) is 18.2 Å². The largest absolute Gasteiger partial charge is 0.477 e. The number of pyridine rings is 1. The van der Waals surface area contributed by atoms with Crippen LogP contribution in [0.4, 0.5) is 5.95 Å². The van der Waals surface area contributed by atoms with Crippen molar-refractivity contribution in [3.05, 3.63) is 54.2 Å². The van der Waals surface area contributed by atoms with E-state index < -0.39 is 5.97 Å². The Labute approximate surface area is 131 Å². The molecule has 0 fully saturated rings. The summed E-state index contributed by atoms with van der Waals surface area (Å²) in [6.45, 7) is 0.315. The van der Waals surface area contributed by atoms with Crippen molar-refractivity contribution >= 4 is 17.6 Å². The third-order valence-corrected chi connectivity index (χ3v) is 3.49. The van der Waals surface area contributed by atoms with E-state index in [2.05, 4.69) is 20.3 Å². The van der Waals surface area contributed by atoms with E-state index in [1.54, 1.807) is 35.3 Å². The number of rotatable bonds is 6. The number of hydrogen-bond acceptors (Lipinski definition) is 6. The van der Waals surface area contributed by atoms with Crippen LogP contribution in [0.15, 0.2) is 43.0 Å². The number of aromatic carboxylic acids is 1. The highest BCUT2D eigenvalue weighted by molar-refractivity contribution is 5.87. The molecule has 0 radical (unpaired) electrons. The zero-order valence-electron chi connectivity index (χ0n) is 12.1. The van der Waals surface area contributed by atoms with Gasteiger partial charge in [0.05, 0.1) is 6.61 Å². The molecule has 3 N–H and O–H groups in total. The number of carbonyl (C=O) groups is 1. The van der Waals surface area contributed by atoms with Crippen molar-refractivity contribution in [1.82, 2.24) is 19.4 Å². The van der Waals surface area contributed by atoms with Gasteiger partial charge in [-0.2, -0.15) is 0 Å². The first-order valence-electron chi connectivity index (χ1n) is 7.01. The van der Waals surface area contributed by atoms with Crippen LogP contribution < -0.4 is 5.32 Å². The van der Waals surface area contributed by atoms with Gasteiger partial charge in [-0.15, -0.1) is 0 Å². The first-order chi connectivity index (χ1) is 11.2. The van der Waals surface area contributed by atoms with Gasteiger partial charge in [0.2, 0.25) is 5.95 Å². The van der Waals surface area contributed by atoms with E-state index in [9.17, 15) is 9.90 Å². The van der Waals surface area contributed by atoms with E-state index in [0.717, 1.165) is 5.56 Å². The van der Waals surface area contributed by atoms with Crippen LogP contribution >= 0.6 is 0 Å². The Hall–Kier alpha value is -3.00. The van der Waals surface area contributed by atoms with Crippen molar-refractivity contribution < 1.29 is 15.0 Å². The second-order valence-electron chi connectivity index (χ2n) is 4.97. The standard InChI is InChI=1S/C15H15N5O3/c21-9-11(10-2-1-3-16-7-10)8-18-15-19-12(14(22)23)6-13-17-4-5-20(13)15/h1-7,11,21H,8-9H2,(H,18,19)(H,22,23). The van der Waals surface area contributed by atoms with E-state index in [1.165, 1.54) is 6.07 Å². The average Bonchev–Trinajstić information content (AvgIpc) is 3.04. The quantitative estimate of drug-likeness (QED) is 0.622. The van der Waals surface area contributed by atoms with Crippen molar-refractivity contribution in [2.24, 2.45) is 0 Å². The third kappa shape index (κ3) is 3.11. The van der Waals surface area contributed by atoms with Gasteiger partial charge in [-0.1, -0.05) is 6.07 Å². The molecule has 3 aromatic heterocycles. The van der Waals surface area contributed by atoms with Gasteiger partial charge >= 0.3 is 5.97 Å². The number of anilines is 1. The topological polar surface area (TPSA) is 113 Å². The number of nitrogens with zero attached hydrogens (tertiary/aromatic N) is 4. The maximum atomic E-state index is 11.2. The van der Waals surface area contributed by atoms with E-state index in [1.807, 2.05) is 6.07 Å². The van der Waals surface area contributed by atoms with Crippen molar-refractivity contribution in [3.8, 4) is 0 Å². The van der Waals surface area contributed by atoms with Crippen LogP contribution in [0.25, 0.3) is 5.65 Å². The minimum atomic E-state index is -1.12.